The summed E-state index contributed by atoms with van der Waals surface area (Å²) in [5.74, 6) is -0.384. The van der Waals surface area contributed by atoms with Crippen LogP contribution in [0.1, 0.15) is 6.92 Å². The third-order valence-electron chi connectivity index (χ3n) is 2.02. The molecule has 0 radical (unpaired) electrons. The van der Waals surface area contributed by atoms with Gasteiger partial charge in [-0.1, -0.05) is 11.8 Å². The minimum Gasteiger partial charge on any atom is -0.394 e. The molecule has 0 aromatic carbocycles. The highest BCUT2D eigenvalue weighted by Gasteiger charge is 2.23. The third-order valence-corrected chi connectivity index (χ3v) is 3.19. The van der Waals surface area contributed by atoms with Gasteiger partial charge in [0, 0.05) is 12.7 Å². The van der Waals surface area contributed by atoms with Crippen LogP contribution in [0.25, 0.3) is 0 Å². The molecule has 1 aliphatic rings. The minimum absolute atomic E-state index is 0.0344. The molecule has 3 N–H and O–H groups in total. The van der Waals surface area contributed by atoms with E-state index in [9.17, 15) is 4.79 Å². The average Bonchev–Trinajstić information content (AvgIpc) is 2.55. The van der Waals surface area contributed by atoms with Crippen molar-refractivity contribution in [1.29, 1.82) is 0 Å². The van der Waals surface area contributed by atoms with Crippen LogP contribution in [-0.2, 0) is 9.53 Å². The molecule has 5 nitrogen and oxygen atoms in total. The van der Waals surface area contributed by atoms with E-state index in [2.05, 4.69) is 0 Å². The Kier molecular flexibility index (Phi) is 4.93. The van der Waals surface area contributed by atoms with Crippen LogP contribution >= 0.6 is 11.8 Å². The first kappa shape index (κ1) is 12.4. The fourth-order valence-corrected chi connectivity index (χ4v) is 2.22. The van der Waals surface area contributed by atoms with E-state index in [1.165, 1.54) is 11.8 Å². The van der Waals surface area contributed by atoms with Gasteiger partial charge in [-0.05, 0) is 6.92 Å². The van der Waals surface area contributed by atoms with E-state index in [1.807, 2.05) is 11.8 Å². The number of thioether (sulfide) groups is 1. The Morgan fingerprint density at radius 1 is 1.73 bits per heavy atom. The second kappa shape index (κ2) is 5.99. The third kappa shape index (κ3) is 3.73. The van der Waals surface area contributed by atoms with E-state index in [4.69, 9.17) is 15.6 Å². The summed E-state index contributed by atoms with van der Waals surface area (Å²) in [6.07, 6.45) is 1.76. The maximum absolute atomic E-state index is 10.9. The van der Waals surface area contributed by atoms with Gasteiger partial charge in [-0.2, -0.15) is 0 Å². The lowest BCUT2D eigenvalue weighted by Crippen LogP contribution is -2.26. The van der Waals surface area contributed by atoms with Gasteiger partial charge < -0.3 is 20.5 Å². The molecule has 1 aliphatic heterocycles. The van der Waals surface area contributed by atoms with Gasteiger partial charge in [-0.3, -0.25) is 4.79 Å². The van der Waals surface area contributed by atoms with Crippen LogP contribution < -0.4 is 5.73 Å². The Labute approximate surface area is 93.3 Å². The smallest absolute Gasteiger partial charge is 0.256 e. The van der Waals surface area contributed by atoms with Crippen molar-refractivity contribution in [3.05, 3.63) is 11.1 Å². The maximum Gasteiger partial charge on any atom is 0.256 e. The molecule has 0 spiro atoms. The van der Waals surface area contributed by atoms with Crippen LogP contribution in [0.4, 0.5) is 0 Å². The number of amides is 1. The molecule has 1 rings (SSSR count). The van der Waals surface area contributed by atoms with Gasteiger partial charge in [0.25, 0.3) is 5.91 Å². The zero-order valence-electron chi connectivity index (χ0n) is 8.68. The topological polar surface area (TPSA) is 75.8 Å². The molecular weight excluding hydrogens is 216 g/mol. The first-order valence-electron chi connectivity index (χ1n) is 4.77. The first-order valence-corrected chi connectivity index (χ1v) is 5.65. The minimum atomic E-state index is -0.384. The summed E-state index contributed by atoms with van der Waals surface area (Å²) in [5.41, 5.74) is 5.18. The number of hydrogen-bond acceptors (Lipinski definition) is 5. The van der Waals surface area contributed by atoms with Crippen LogP contribution in [0.5, 0.6) is 0 Å². The Morgan fingerprint density at radius 2 is 2.47 bits per heavy atom. The maximum atomic E-state index is 10.9. The van der Waals surface area contributed by atoms with E-state index in [-0.39, 0.29) is 17.9 Å². The summed E-state index contributed by atoms with van der Waals surface area (Å²) in [4.78, 5) is 13.5. The van der Waals surface area contributed by atoms with E-state index >= 15 is 0 Å². The Hall–Kier alpha value is -0.720. The summed E-state index contributed by atoms with van der Waals surface area (Å²) in [6.45, 7) is 3.62. The summed E-state index contributed by atoms with van der Waals surface area (Å²) < 4.78 is 5.14. The van der Waals surface area contributed by atoms with Crippen molar-refractivity contribution < 1.29 is 14.6 Å². The molecule has 1 atom stereocenters. The van der Waals surface area contributed by atoms with Gasteiger partial charge in [-0.15, -0.1) is 0 Å². The SMILES string of the molecule is CC1SC(C(N)=O)=CN1CCOCCO. The molecule has 0 fully saturated rings. The molecule has 86 valence electrons. The van der Waals surface area contributed by atoms with Crippen molar-refractivity contribution in [1.82, 2.24) is 4.90 Å². The highest BCUT2D eigenvalue weighted by Crippen LogP contribution is 2.31. The fourth-order valence-electron chi connectivity index (χ4n) is 1.24. The van der Waals surface area contributed by atoms with Crippen molar-refractivity contribution in [3.8, 4) is 0 Å². The number of aliphatic hydroxyl groups is 1. The van der Waals surface area contributed by atoms with Crippen molar-refractivity contribution in [2.75, 3.05) is 26.4 Å². The molecule has 0 aliphatic carbocycles. The standard InChI is InChI=1S/C9H16N2O3S/c1-7-11(2-4-14-5-3-12)6-8(15-7)9(10)13/h6-7,12H,2-5H2,1H3,(H2,10,13). The number of nitrogens with zero attached hydrogens (tertiary/aromatic N) is 1. The largest absolute Gasteiger partial charge is 0.394 e. The number of rotatable bonds is 6. The van der Waals surface area contributed by atoms with Gasteiger partial charge in [0.1, 0.15) is 0 Å². The second-order valence-corrected chi connectivity index (χ2v) is 4.51. The lowest BCUT2D eigenvalue weighted by atomic mass is 10.5. The quantitative estimate of drug-likeness (QED) is 0.616. The summed E-state index contributed by atoms with van der Waals surface area (Å²) in [5, 5.41) is 8.72. The number of nitrogens with two attached hydrogens (primary N) is 1. The van der Waals surface area contributed by atoms with Crippen LogP contribution in [0.2, 0.25) is 0 Å². The predicted molar refractivity (Wildman–Crippen MR) is 58.9 cm³/mol. The van der Waals surface area contributed by atoms with Gasteiger partial charge in [0.05, 0.1) is 30.1 Å². The van der Waals surface area contributed by atoms with E-state index < -0.39 is 0 Å². The normalized spacial score (nSPS) is 20.5. The van der Waals surface area contributed by atoms with Crippen molar-refractivity contribution in [2.24, 2.45) is 5.73 Å². The second-order valence-electron chi connectivity index (χ2n) is 3.15. The molecule has 0 aromatic heterocycles. The summed E-state index contributed by atoms with van der Waals surface area (Å²) in [7, 11) is 0. The molecule has 1 amide bonds. The average molecular weight is 232 g/mol. The summed E-state index contributed by atoms with van der Waals surface area (Å²) in [6, 6.07) is 0. The van der Waals surface area contributed by atoms with Gasteiger partial charge in [-0.25, -0.2) is 0 Å². The van der Waals surface area contributed by atoms with Crippen LogP contribution in [-0.4, -0.2) is 47.7 Å². The van der Waals surface area contributed by atoms with Gasteiger partial charge in [0.2, 0.25) is 0 Å². The van der Waals surface area contributed by atoms with Crippen molar-refractivity contribution in [3.63, 3.8) is 0 Å². The number of carbonyl (C=O) groups excluding carboxylic acids is 1. The Balaban J connectivity index is 2.32. The molecule has 0 aromatic rings. The van der Waals surface area contributed by atoms with Gasteiger partial charge in [0.15, 0.2) is 0 Å². The molecule has 0 saturated carbocycles. The fraction of sp³-hybridized carbons (Fsp3) is 0.667. The van der Waals surface area contributed by atoms with Crippen LogP contribution in [0, 0.1) is 0 Å². The van der Waals surface area contributed by atoms with E-state index in [1.54, 1.807) is 6.20 Å². The number of carbonyl (C=O) groups is 1. The zero-order valence-corrected chi connectivity index (χ0v) is 9.50. The number of ether oxygens (including phenoxy) is 1. The monoisotopic (exact) mass is 232 g/mol. The first-order chi connectivity index (χ1) is 7.15. The van der Waals surface area contributed by atoms with E-state index in [0.29, 0.717) is 24.7 Å². The molecule has 6 heteroatoms. The Bertz CT molecular complexity index is 258. The van der Waals surface area contributed by atoms with Crippen LogP contribution in [0.15, 0.2) is 11.1 Å². The predicted octanol–water partition coefficient (Wildman–Crippen LogP) is -0.283. The lowest BCUT2D eigenvalue weighted by molar-refractivity contribution is -0.113. The molecule has 1 heterocycles. The Morgan fingerprint density at radius 3 is 3.00 bits per heavy atom. The van der Waals surface area contributed by atoms with Crippen molar-refractivity contribution >= 4 is 17.7 Å². The van der Waals surface area contributed by atoms with Crippen molar-refractivity contribution in [2.45, 2.75) is 12.3 Å². The van der Waals surface area contributed by atoms with E-state index in [0.717, 1.165) is 0 Å². The highest BCUT2D eigenvalue weighted by molar-refractivity contribution is 8.04. The molecular formula is C9H16N2O3S. The zero-order chi connectivity index (χ0) is 11.3. The lowest BCUT2D eigenvalue weighted by Gasteiger charge is -2.20. The molecule has 15 heavy (non-hydrogen) atoms. The number of primary amides is 1. The number of hydrogen-bond donors (Lipinski definition) is 2. The summed E-state index contributed by atoms with van der Waals surface area (Å²) >= 11 is 1.45. The highest BCUT2D eigenvalue weighted by atomic mass is 32.2. The molecule has 0 bridgehead atoms. The van der Waals surface area contributed by atoms with Gasteiger partial charge >= 0.3 is 0 Å². The van der Waals surface area contributed by atoms with Crippen LogP contribution in [0.3, 0.4) is 0 Å². The molecule has 0 saturated heterocycles. The number of aliphatic hydroxyl groups excluding tert-OH is 1. The molecule has 1 unspecified atom stereocenters.